The van der Waals surface area contributed by atoms with E-state index in [1.165, 1.54) is 7.05 Å². The second-order valence-electron chi connectivity index (χ2n) is 3.16. The van der Waals surface area contributed by atoms with E-state index >= 15 is 0 Å². The summed E-state index contributed by atoms with van der Waals surface area (Å²) in [5, 5.41) is 2.37. The van der Waals surface area contributed by atoms with Crippen molar-refractivity contribution < 1.29 is 9.18 Å². The minimum absolute atomic E-state index is 0.299. The van der Waals surface area contributed by atoms with E-state index in [9.17, 15) is 9.18 Å². The Kier molecular flexibility index (Phi) is 3.55. The van der Waals surface area contributed by atoms with E-state index in [-0.39, 0.29) is 0 Å². The summed E-state index contributed by atoms with van der Waals surface area (Å²) in [6.45, 7) is 1.29. The molecule has 0 aromatic carbocycles. The lowest BCUT2D eigenvalue weighted by Gasteiger charge is -2.33. The number of piperidine rings is 1. The molecule has 3 nitrogen and oxygen atoms in total. The van der Waals surface area contributed by atoms with Gasteiger partial charge >= 0.3 is 0 Å². The summed E-state index contributed by atoms with van der Waals surface area (Å²) in [6.07, 6.45) is 2.56. The Morgan fingerprint density at radius 3 is 2.46 bits per heavy atom. The number of alkyl halides is 1. The monoisotopic (exact) mass is 206 g/mol. The highest BCUT2D eigenvalue weighted by molar-refractivity contribution is 7.96. The van der Waals surface area contributed by atoms with Crippen LogP contribution in [0.5, 0.6) is 0 Å². The van der Waals surface area contributed by atoms with Crippen molar-refractivity contribution in [2.45, 2.75) is 18.5 Å². The highest BCUT2D eigenvalue weighted by Crippen LogP contribution is 2.28. The molecule has 1 aliphatic rings. The van der Waals surface area contributed by atoms with Gasteiger partial charge in [-0.15, -0.1) is 0 Å². The van der Waals surface area contributed by atoms with E-state index in [2.05, 4.69) is 9.62 Å². The first-order chi connectivity index (χ1) is 6.12. The molecule has 0 bridgehead atoms. The Morgan fingerprint density at radius 1 is 1.54 bits per heavy atom. The van der Waals surface area contributed by atoms with Gasteiger partial charge in [0.05, 0.1) is 0 Å². The average Bonchev–Trinajstić information content (AvgIpc) is 2.18. The first-order valence-corrected chi connectivity index (χ1v) is 5.51. The van der Waals surface area contributed by atoms with Crippen LogP contribution in [0.4, 0.5) is 4.39 Å². The number of hydrogen-bond donors (Lipinski definition) is 1. The number of carbonyl (C=O) groups is 1. The van der Waals surface area contributed by atoms with E-state index in [0.717, 1.165) is 0 Å². The first kappa shape index (κ1) is 10.8. The van der Waals surface area contributed by atoms with E-state index in [1.807, 2.05) is 6.26 Å². The number of nitrogens with zero attached hydrogens (tertiary/aromatic N) is 1. The molecule has 1 N–H and O–H groups in total. The van der Waals surface area contributed by atoms with Gasteiger partial charge in [0.2, 0.25) is 0 Å². The summed E-state index contributed by atoms with van der Waals surface area (Å²) in [7, 11) is 1.48. The summed E-state index contributed by atoms with van der Waals surface area (Å²) >= 11 is 1.60. The van der Waals surface area contributed by atoms with Crippen LogP contribution in [-0.4, -0.2) is 42.3 Å². The number of nitrogens with one attached hydrogen (secondary N) is 1. The Morgan fingerprint density at radius 2 is 2.08 bits per heavy atom. The van der Waals surface area contributed by atoms with E-state index in [4.69, 9.17) is 0 Å². The predicted molar refractivity (Wildman–Crippen MR) is 52.2 cm³/mol. The van der Waals surface area contributed by atoms with Crippen molar-refractivity contribution >= 4 is 17.9 Å². The summed E-state index contributed by atoms with van der Waals surface area (Å²) in [6, 6.07) is 0. The van der Waals surface area contributed by atoms with Crippen molar-refractivity contribution in [2.24, 2.45) is 0 Å². The van der Waals surface area contributed by atoms with Gasteiger partial charge in [-0.2, -0.15) is 0 Å². The lowest BCUT2D eigenvalue weighted by atomic mass is 9.93. The van der Waals surface area contributed by atoms with Crippen molar-refractivity contribution in [3.8, 4) is 0 Å². The van der Waals surface area contributed by atoms with Crippen molar-refractivity contribution in [1.29, 1.82) is 0 Å². The molecule has 1 saturated heterocycles. The van der Waals surface area contributed by atoms with Gasteiger partial charge in [-0.1, -0.05) is 11.9 Å². The Labute approximate surface area is 82.2 Å². The molecule has 13 heavy (non-hydrogen) atoms. The summed E-state index contributed by atoms with van der Waals surface area (Å²) < 4.78 is 15.9. The fourth-order valence-corrected chi connectivity index (χ4v) is 2.02. The average molecular weight is 206 g/mol. The van der Waals surface area contributed by atoms with Gasteiger partial charge in [0.1, 0.15) is 0 Å². The highest BCUT2D eigenvalue weighted by atomic mass is 32.2. The van der Waals surface area contributed by atoms with Crippen molar-refractivity contribution in [3.63, 3.8) is 0 Å². The van der Waals surface area contributed by atoms with Crippen molar-refractivity contribution in [3.05, 3.63) is 0 Å². The number of rotatable bonds is 2. The molecule has 1 heterocycles. The fraction of sp³-hybridized carbons (Fsp3) is 0.875. The van der Waals surface area contributed by atoms with E-state index in [1.54, 1.807) is 11.9 Å². The van der Waals surface area contributed by atoms with Gasteiger partial charge in [0, 0.05) is 33.0 Å². The van der Waals surface area contributed by atoms with Crippen LogP contribution in [0, 0.1) is 0 Å². The molecule has 1 amide bonds. The van der Waals surface area contributed by atoms with Crippen LogP contribution < -0.4 is 5.32 Å². The largest absolute Gasteiger partial charge is 0.356 e. The summed E-state index contributed by atoms with van der Waals surface area (Å²) in [5.74, 6) is -0.478. The maximum Gasteiger partial charge on any atom is 0.257 e. The van der Waals surface area contributed by atoms with Gasteiger partial charge in [0.25, 0.3) is 5.91 Å². The maximum absolute atomic E-state index is 13.8. The fourth-order valence-electron chi connectivity index (χ4n) is 1.47. The lowest BCUT2D eigenvalue weighted by Crippen LogP contribution is -2.48. The van der Waals surface area contributed by atoms with Crippen LogP contribution in [-0.2, 0) is 4.79 Å². The number of hydrogen-bond acceptors (Lipinski definition) is 3. The summed E-state index contributed by atoms with van der Waals surface area (Å²) in [4.78, 5) is 11.2. The van der Waals surface area contributed by atoms with Crippen molar-refractivity contribution in [2.75, 3.05) is 26.4 Å². The van der Waals surface area contributed by atoms with Gasteiger partial charge < -0.3 is 5.32 Å². The Hall–Kier alpha value is -0.290. The molecule has 5 heteroatoms. The van der Waals surface area contributed by atoms with Crippen molar-refractivity contribution in [1.82, 2.24) is 9.62 Å². The van der Waals surface area contributed by atoms with Gasteiger partial charge in [0.15, 0.2) is 5.67 Å². The third kappa shape index (κ3) is 2.34. The zero-order valence-electron chi connectivity index (χ0n) is 7.97. The van der Waals surface area contributed by atoms with Gasteiger partial charge in [-0.05, 0) is 6.26 Å². The van der Waals surface area contributed by atoms with Crippen LogP contribution >= 0.6 is 11.9 Å². The molecule has 0 aromatic rings. The molecule has 0 aromatic heterocycles. The highest BCUT2D eigenvalue weighted by Gasteiger charge is 2.40. The topological polar surface area (TPSA) is 32.3 Å². The zero-order valence-corrected chi connectivity index (χ0v) is 8.79. The smallest absolute Gasteiger partial charge is 0.257 e. The molecule has 0 saturated carbocycles. The number of carbonyl (C=O) groups excluding carboxylic acids is 1. The molecule has 0 aliphatic carbocycles. The zero-order chi connectivity index (χ0) is 9.90. The Balaban J connectivity index is 2.51. The van der Waals surface area contributed by atoms with Gasteiger partial charge in [-0.25, -0.2) is 4.39 Å². The SMILES string of the molecule is CNC(=O)C1(F)CCN(SC)CC1. The van der Waals surface area contributed by atoms with E-state index < -0.39 is 11.6 Å². The summed E-state index contributed by atoms with van der Waals surface area (Å²) in [5.41, 5.74) is -1.64. The molecule has 0 atom stereocenters. The molecule has 0 spiro atoms. The predicted octanol–water partition coefficient (Wildman–Crippen LogP) is 0.814. The second-order valence-corrected chi connectivity index (χ2v) is 4.04. The van der Waals surface area contributed by atoms with Crippen LogP contribution in [0.2, 0.25) is 0 Å². The normalized spacial score (nSPS) is 22.7. The maximum atomic E-state index is 13.8. The lowest BCUT2D eigenvalue weighted by molar-refractivity contribution is -0.134. The minimum atomic E-state index is -1.64. The quantitative estimate of drug-likeness (QED) is 0.679. The number of amides is 1. The molecule has 76 valence electrons. The molecule has 0 unspecified atom stereocenters. The number of halogens is 1. The van der Waals surface area contributed by atoms with Crippen LogP contribution in [0.3, 0.4) is 0 Å². The van der Waals surface area contributed by atoms with Gasteiger partial charge in [-0.3, -0.25) is 9.10 Å². The molecule has 1 aliphatic heterocycles. The minimum Gasteiger partial charge on any atom is -0.356 e. The molecule has 0 radical (unpaired) electrons. The first-order valence-electron chi connectivity index (χ1n) is 4.32. The molecular formula is C8H15FN2OS. The van der Waals surface area contributed by atoms with E-state index in [0.29, 0.717) is 25.9 Å². The Bertz CT molecular complexity index is 193. The molecular weight excluding hydrogens is 191 g/mol. The van der Waals surface area contributed by atoms with Crippen LogP contribution in [0.25, 0.3) is 0 Å². The molecule has 1 rings (SSSR count). The third-order valence-corrected chi connectivity index (χ3v) is 3.29. The third-order valence-electron chi connectivity index (χ3n) is 2.41. The van der Waals surface area contributed by atoms with Crippen LogP contribution in [0.1, 0.15) is 12.8 Å². The van der Waals surface area contributed by atoms with Crippen LogP contribution in [0.15, 0.2) is 0 Å². The standard InChI is InChI=1S/C8H15FN2OS/c1-10-7(12)8(9)3-5-11(13-2)6-4-8/h3-6H2,1-2H3,(H,10,12). The second kappa shape index (κ2) is 4.28. The molecule has 1 fully saturated rings.